The molecule has 1 amide bonds. The highest BCUT2D eigenvalue weighted by molar-refractivity contribution is 5.87. The first kappa shape index (κ1) is 20.2. The Bertz CT molecular complexity index is 978. The summed E-state index contributed by atoms with van der Waals surface area (Å²) in [5.41, 5.74) is 2.28. The van der Waals surface area contributed by atoms with Gasteiger partial charge >= 0.3 is 0 Å². The van der Waals surface area contributed by atoms with Crippen molar-refractivity contribution in [3.63, 3.8) is 0 Å². The Morgan fingerprint density at radius 2 is 2.00 bits per heavy atom. The smallest absolute Gasteiger partial charge is 0.226 e. The van der Waals surface area contributed by atoms with E-state index in [9.17, 15) is 13.6 Å². The lowest BCUT2D eigenvalue weighted by Crippen LogP contribution is -2.50. The maximum atomic E-state index is 13.6. The van der Waals surface area contributed by atoms with E-state index in [-0.39, 0.29) is 36.7 Å². The zero-order valence-corrected chi connectivity index (χ0v) is 15.9. The number of aromatic amines is 1. The Morgan fingerprint density at radius 3 is 2.82 bits per heavy atom. The molecule has 1 aliphatic rings. The number of nitrogens with one attached hydrogen (secondary N) is 3. The van der Waals surface area contributed by atoms with Crippen LogP contribution in [-0.4, -0.2) is 35.2 Å². The molecule has 2 unspecified atom stereocenters. The number of piperidine rings is 1. The average molecular weight is 407 g/mol. The summed E-state index contributed by atoms with van der Waals surface area (Å²) in [6.45, 7) is 1.35. The van der Waals surface area contributed by atoms with Crippen molar-refractivity contribution in [1.29, 1.82) is 0 Å². The van der Waals surface area contributed by atoms with Crippen LogP contribution in [0.25, 0.3) is 10.9 Å². The number of benzene rings is 2. The number of halogens is 3. The molecule has 0 radical (unpaired) electrons. The highest BCUT2D eigenvalue weighted by Gasteiger charge is 2.28. The number of H-pyrrole nitrogens is 1. The second-order valence-electron chi connectivity index (χ2n) is 6.84. The molecule has 1 aromatic heterocycles. The van der Waals surface area contributed by atoms with Gasteiger partial charge in [0, 0.05) is 23.9 Å². The minimum atomic E-state index is -0.862. The summed E-state index contributed by atoms with van der Waals surface area (Å²) in [7, 11) is 0. The summed E-state index contributed by atoms with van der Waals surface area (Å²) in [4.78, 5) is 12.6. The highest BCUT2D eigenvalue weighted by Crippen LogP contribution is 2.27. The third-order valence-corrected chi connectivity index (χ3v) is 5.08. The molecule has 0 saturated carbocycles. The molecule has 1 saturated heterocycles. The second-order valence-corrected chi connectivity index (χ2v) is 6.84. The van der Waals surface area contributed by atoms with Crippen molar-refractivity contribution < 1.29 is 13.6 Å². The molecule has 5 nitrogen and oxygen atoms in total. The van der Waals surface area contributed by atoms with E-state index in [0.29, 0.717) is 12.1 Å². The lowest BCUT2D eigenvalue weighted by atomic mass is 9.86. The van der Waals surface area contributed by atoms with Crippen LogP contribution in [0.5, 0.6) is 0 Å². The van der Waals surface area contributed by atoms with Crippen molar-refractivity contribution in [3.05, 3.63) is 65.4 Å². The van der Waals surface area contributed by atoms with Crippen LogP contribution in [-0.2, 0) is 11.2 Å². The normalized spacial score (nSPS) is 19.2. The zero-order valence-electron chi connectivity index (χ0n) is 15.0. The molecule has 0 bridgehead atoms. The van der Waals surface area contributed by atoms with Gasteiger partial charge in [0.15, 0.2) is 11.6 Å². The molecular weight excluding hydrogens is 386 g/mol. The largest absolute Gasteiger partial charge is 0.351 e. The maximum absolute atomic E-state index is 13.6. The van der Waals surface area contributed by atoms with E-state index in [1.165, 1.54) is 6.07 Å². The van der Waals surface area contributed by atoms with Gasteiger partial charge in [0.05, 0.1) is 17.6 Å². The quantitative estimate of drug-likeness (QED) is 0.623. The van der Waals surface area contributed by atoms with E-state index < -0.39 is 11.6 Å². The molecule has 3 N–H and O–H groups in total. The number of rotatable bonds is 4. The van der Waals surface area contributed by atoms with E-state index in [4.69, 9.17) is 0 Å². The van der Waals surface area contributed by atoms with Gasteiger partial charge in [0.25, 0.3) is 0 Å². The molecule has 1 fully saturated rings. The molecule has 2 atom stereocenters. The summed E-state index contributed by atoms with van der Waals surface area (Å²) < 4.78 is 26.9. The Balaban J connectivity index is 0.00000225. The van der Waals surface area contributed by atoms with Gasteiger partial charge in [-0.2, -0.15) is 5.10 Å². The van der Waals surface area contributed by atoms with Crippen LogP contribution < -0.4 is 10.6 Å². The topological polar surface area (TPSA) is 69.8 Å². The standard InChI is InChI=1S/C20H20F2N4O.ClH/c21-15-6-5-12(9-16(15)22)13-7-8-23-11-19(13)24-20(27)10-18-14-3-1-2-4-17(14)25-26-18;/h1-6,9,13,19,23H,7-8,10-11H2,(H,24,27)(H,25,26);1H. The van der Waals surface area contributed by atoms with Gasteiger partial charge in [-0.3, -0.25) is 9.89 Å². The van der Waals surface area contributed by atoms with Crippen molar-refractivity contribution in [2.45, 2.75) is 24.8 Å². The number of fused-ring (bicyclic) bond motifs is 1. The van der Waals surface area contributed by atoms with Gasteiger partial charge in [-0.1, -0.05) is 24.3 Å². The van der Waals surface area contributed by atoms with Gasteiger partial charge in [-0.15, -0.1) is 12.4 Å². The van der Waals surface area contributed by atoms with Gasteiger partial charge in [0.1, 0.15) is 0 Å². The number of carbonyl (C=O) groups is 1. The van der Waals surface area contributed by atoms with Crippen LogP contribution in [0.15, 0.2) is 42.5 Å². The second kappa shape index (κ2) is 8.67. The van der Waals surface area contributed by atoms with Gasteiger partial charge in [-0.05, 0) is 36.7 Å². The van der Waals surface area contributed by atoms with Crippen LogP contribution in [0.4, 0.5) is 8.78 Å². The Labute approximate surface area is 167 Å². The molecule has 2 aromatic carbocycles. The first-order valence-corrected chi connectivity index (χ1v) is 8.99. The van der Waals surface area contributed by atoms with E-state index in [1.807, 2.05) is 24.3 Å². The van der Waals surface area contributed by atoms with Crippen molar-refractivity contribution in [1.82, 2.24) is 20.8 Å². The third-order valence-electron chi connectivity index (χ3n) is 5.08. The fourth-order valence-corrected chi connectivity index (χ4v) is 3.72. The predicted octanol–water partition coefficient (Wildman–Crippen LogP) is 3.07. The molecule has 1 aliphatic heterocycles. The number of amides is 1. The summed E-state index contributed by atoms with van der Waals surface area (Å²) in [6.07, 6.45) is 0.921. The van der Waals surface area contributed by atoms with Crippen LogP contribution >= 0.6 is 12.4 Å². The fraction of sp³-hybridized carbons (Fsp3) is 0.300. The average Bonchev–Trinajstić information content (AvgIpc) is 3.07. The van der Waals surface area contributed by atoms with Crippen LogP contribution in [0, 0.1) is 11.6 Å². The summed E-state index contributed by atoms with van der Waals surface area (Å²) in [5, 5.41) is 14.3. The Kier molecular flexibility index (Phi) is 6.26. The van der Waals surface area contributed by atoms with Crippen molar-refractivity contribution >= 4 is 29.2 Å². The minimum Gasteiger partial charge on any atom is -0.351 e. The molecule has 0 aliphatic carbocycles. The Hall–Kier alpha value is -2.51. The number of para-hydroxylation sites is 1. The van der Waals surface area contributed by atoms with Crippen molar-refractivity contribution in [2.75, 3.05) is 13.1 Å². The van der Waals surface area contributed by atoms with Gasteiger partial charge in [-0.25, -0.2) is 8.78 Å². The van der Waals surface area contributed by atoms with Crippen molar-refractivity contribution in [3.8, 4) is 0 Å². The van der Waals surface area contributed by atoms with Gasteiger partial charge < -0.3 is 10.6 Å². The molecule has 4 rings (SSSR count). The first-order valence-electron chi connectivity index (χ1n) is 8.99. The van der Waals surface area contributed by atoms with Gasteiger partial charge in [0.2, 0.25) is 5.91 Å². The fourth-order valence-electron chi connectivity index (χ4n) is 3.72. The molecular formula is C20H21ClF2N4O. The first-order chi connectivity index (χ1) is 13.1. The van der Waals surface area contributed by atoms with E-state index in [1.54, 1.807) is 6.07 Å². The Morgan fingerprint density at radius 1 is 1.18 bits per heavy atom. The van der Waals surface area contributed by atoms with Crippen LogP contribution in [0.3, 0.4) is 0 Å². The summed E-state index contributed by atoms with van der Waals surface area (Å²) in [6, 6.07) is 11.4. The molecule has 3 aromatic rings. The molecule has 0 spiro atoms. The summed E-state index contributed by atoms with van der Waals surface area (Å²) in [5.74, 6) is -1.92. The van der Waals surface area contributed by atoms with E-state index in [0.717, 1.165) is 35.6 Å². The predicted molar refractivity (Wildman–Crippen MR) is 106 cm³/mol. The minimum absolute atomic E-state index is 0. The van der Waals surface area contributed by atoms with E-state index in [2.05, 4.69) is 20.8 Å². The number of carbonyl (C=O) groups excluding carboxylic acids is 1. The maximum Gasteiger partial charge on any atom is 0.226 e. The number of nitrogens with zero attached hydrogens (tertiary/aromatic N) is 1. The van der Waals surface area contributed by atoms with E-state index >= 15 is 0 Å². The van der Waals surface area contributed by atoms with Crippen LogP contribution in [0.1, 0.15) is 23.6 Å². The lowest BCUT2D eigenvalue weighted by Gasteiger charge is -2.33. The number of hydrogen-bond donors (Lipinski definition) is 3. The number of aromatic nitrogens is 2. The lowest BCUT2D eigenvalue weighted by molar-refractivity contribution is -0.121. The summed E-state index contributed by atoms with van der Waals surface area (Å²) >= 11 is 0. The molecule has 2 heterocycles. The third kappa shape index (κ3) is 4.15. The monoisotopic (exact) mass is 406 g/mol. The zero-order chi connectivity index (χ0) is 18.8. The molecule has 28 heavy (non-hydrogen) atoms. The molecule has 8 heteroatoms. The number of hydrogen-bond acceptors (Lipinski definition) is 3. The highest BCUT2D eigenvalue weighted by atomic mass is 35.5. The van der Waals surface area contributed by atoms with Crippen LogP contribution in [0.2, 0.25) is 0 Å². The molecule has 148 valence electrons. The SMILES string of the molecule is Cl.O=C(Cc1[nH]nc2ccccc12)NC1CNCCC1c1ccc(F)c(F)c1. The van der Waals surface area contributed by atoms with Crippen molar-refractivity contribution in [2.24, 2.45) is 0 Å².